The van der Waals surface area contributed by atoms with E-state index in [1.54, 1.807) is 5.38 Å². The number of nitrogens with one attached hydrogen (secondary N) is 1. The molecule has 15 nitrogen and oxygen atoms in total. The number of oxime groups is 1. The fourth-order valence-electron chi connectivity index (χ4n) is 4.67. The molecular weight excluding hydrogens is 600 g/mol. The minimum atomic E-state index is -4.67. The van der Waals surface area contributed by atoms with Crippen molar-refractivity contribution < 1.29 is 41.9 Å². The first-order chi connectivity index (χ1) is 19.4. The van der Waals surface area contributed by atoms with Crippen LogP contribution in [-0.2, 0) is 48.9 Å². The van der Waals surface area contributed by atoms with Crippen LogP contribution in [-0.4, -0.2) is 85.3 Å². The molecule has 2 aliphatic heterocycles. The number of aromatic nitrogens is 2. The molecule has 1 aliphatic carbocycles. The molecule has 0 aromatic carbocycles. The van der Waals surface area contributed by atoms with E-state index in [1.165, 1.54) is 29.3 Å². The summed E-state index contributed by atoms with van der Waals surface area (Å²) in [6.45, 7) is 0. The molecule has 0 radical (unpaired) electrons. The van der Waals surface area contributed by atoms with E-state index < -0.39 is 39.6 Å². The number of pyridine rings is 1. The first kappa shape index (κ1) is 30.4. The van der Waals surface area contributed by atoms with Crippen molar-refractivity contribution in [2.45, 2.75) is 43.5 Å². The number of hydrogen-bond donors (Lipinski definition) is 5. The van der Waals surface area contributed by atoms with Crippen LogP contribution in [0.25, 0.3) is 0 Å². The van der Waals surface area contributed by atoms with Gasteiger partial charge in [-0.1, -0.05) is 11.2 Å². The van der Waals surface area contributed by atoms with Gasteiger partial charge in [0.15, 0.2) is 10.8 Å². The summed E-state index contributed by atoms with van der Waals surface area (Å²) in [5.41, 5.74) is 9.48. The van der Waals surface area contributed by atoms with Gasteiger partial charge in [0.2, 0.25) is 0 Å². The Morgan fingerprint density at radius 3 is 2.59 bits per heavy atom. The van der Waals surface area contributed by atoms with Gasteiger partial charge in [-0.2, -0.15) is 8.42 Å². The van der Waals surface area contributed by atoms with Crippen LogP contribution >= 0.6 is 23.1 Å². The number of nitrogens with two attached hydrogens (primary N) is 1. The molecule has 2 aromatic rings. The van der Waals surface area contributed by atoms with Gasteiger partial charge in [-0.25, -0.2) is 9.78 Å². The molecular formula is C23H26N6O9S3. The number of carbonyl (C=O) groups is 3. The number of thiazole rings is 1. The zero-order chi connectivity index (χ0) is 29.9. The van der Waals surface area contributed by atoms with Crippen LogP contribution in [0, 0.1) is 0 Å². The Kier molecular flexibility index (Phi) is 9.27. The number of carboxylic acid groups (broad SMARTS) is 1. The lowest BCUT2D eigenvalue weighted by Crippen LogP contribution is -2.71. The molecule has 0 saturated carbocycles. The van der Waals surface area contributed by atoms with Crippen LogP contribution in [0.5, 0.6) is 0 Å². The van der Waals surface area contributed by atoms with Crippen molar-refractivity contribution in [1.82, 2.24) is 20.2 Å². The number of carboxylic acids is 1. The molecule has 0 unspecified atom stereocenters. The third-order valence-electron chi connectivity index (χ3n) is 6.33. The zero-order valence-corrected chi connectivity index (χ0v) is 24.0. The number of amides is 2. The summed E-state index contributed by atoms with van der Waals surface area (Å²) in [6, 6.07) is 3.11. The third kappa shape index (κ3) is 7.20. The monoisotopic (exact) mass is 626 g/mol. The number of aryl methyl sites for hydroxylation is 2. The van der Waals surface area contributed by atoms with Gasteiger partial charge in [-0.3, -0.25) is 28.6 Å². The maximum atomic E-state index is 13.0. The van der Waals surface area contributed by atoms with E-state index >= 15 is 0 Å². The Morgan fingerprint density at radius 1 is 1.24 bits per heavy atom. The van der Waals surface area contributed by atoms with Gasteiger partial charge in [-0.05, 0) is 42.9 Å². The molecule has 2 atom stereocenters. The summed E-state index contributed by atoms with van der Waals surface area (Å²) in [6.07, 6.45) is 4.56. The topological polar surface area (TPSA) is 235 Å². The average Bonchev–Trinajstić information content (AvgIpc) is 3.34. The van der Waals surface area contributed by atoms with Crippen molar-refractivity contribution in [1.29, 1.82) is 0 Å². The van der Waals surface area contributed by atoms with E-state index in [9.17, 15) is 19.5 Å². The second-order valence-corrected chi connectivity index (χ2v) is 11.9. The van der Waals surface area contributed by atoms with Crippen molar-refractivity contribution in [3.63, 3.8) is 0 Å². The van der Waals surface area contributed by atoms with Gasteiger partial charge >= 0.3 is 16.4 Å². The van der Waals surface area contributed by atoms with E-state index in [1.807, 2.05) is 6.07 Å². The van der Waals surface area contributed by atoms with E-state index in [4.69, 9.17) is 33.1 Å². The number of rotatable bonds is 7. The van der Waals surface area contributed by atoms with Crippen LogP contribution in [0.15, 0.2) is 33.9 Å². The van der Waals surface area contributed by atoms with Crippen LogP contribution in [0.1, 0.15) is 35.5 Å². The van der Waals surface area contributed by atoms with Crippen molar-refractivity contribution in [3.8, 4) is 0 Å². The fraction of sp³-hybridized carbons (Fsp3) is 0.391. The van der Waals surface area contributed by atoms with Crippen molar-refractivity contribution in [2.24, 2.45) is 5.16 Å². The molecule has 5 rings (SSSR count). The molecule has 2 aromatic heterocycles. The van der Waals surface area contributed by atoms with E-state index in [-0.39, 0.29) is 22.2 Å². The SMILES string of the molecule is CON=C(C(=O)N[C@@H]1C(=O)N2C(C(=O)O)=C(Cc3ccc4c(n3)CCCC4)CS[C@H]12)c1csc(N)n1.O=S(=O)(O)O. The average molecular weight is 627 g/mol. The molecule has 18 heteroatoms. The largest absolute Gasteiger partial charge is 0.477 e. The molecule has 1 saturated heterocycles. The summed E-state index contributed by atoms with van der Waals surface area (Å²) in [5, 5.41) is 17.6. The maximum absolute atomic E-state index is 13.0. The second kappa shape index (κ2) is 12.5. The Labute approximate surface area is 242 Å². The fourth-order valence-corrected chi connectivity index (χ4v) is 6.56. The minimum Gasteiger partial charge on any atom is -0.477 e. The summed E-state index contributed by atoms with van der Waals surface area (Å²) >= 11 is 2.55. The molecule has 2 amide bonds. The molecule has 1 fully saturated rings. The third-order valence-corrected chi connectivity index (χ3v) is 8.34. The lowest BCUT2D eigenvalue weighted by atomic mass is 9.95. The highest BCUT2D eigenvalue weighted by molar-refractivity contribution is 8.00. The second-order valence-electron chi connectivity index (χ2n) is 9.05. The quantitative estimate of drug-likeness (QED) is 0.123. The molecule has 41 heavy (non-hydrogen) atoms. The Bertz CT molecular complexity index is 1530. The number of β-lactam (4-membered cyclic amide) rings is 1. The minimum absolute atomic E-state index is 0.0353. The molecule has 0 spiro atoms. The van der Waals surface area contributed by atoms with Crippen molar-refractivity contribution in [3.05, 3.63) is 51.4 Å². The summed E-state index contributed by atoms with van der Waals surface area (Å²) in [4.78, 5) is 53.0. The Balaban J connectivity index is 0.000000714. The number of thioether (sulfide) groups is 1. The number of hydrogen-bond acceptors (Lipinski definition) is 12. The molecule has 0 bridgehead atoms. The maximum Gasteiger partial charge on any atom is 0.394 e. The van der Waals surface area contributed by atoms with Gasteiger partial charge in [0.25, 0.3) is 11.8 Å². The van der Waals surface area contributed by atoms with E-state index in [2.05, 4.69) is 21.5 Å². The first-order valence-corrected chi connectivity index (χ1v) is 15.4. The molecule has 6 N–H and O–H groups in total. The van der Waals surface area contributed by atoms with Crippen molar-refractivity contribution in [2.75, 3.05) is 18.6 Å². The lowest BCUT2D eigenvalue weighted by molar-refractivity contribution is -0.150. The number of carbonyl (C=O) groups excluding carboxylic acids is 2. The van der Waals surface area contributed by atoms with Gasteiger partial charge in [0, 0.05) is 28.9 Å². The van der Waals surface area contributed by atoms with Crippen molar-refractivity contribution >= 4 is 62.1 Å². The summed E-state index contributed by atoms with van der Waals surface area (Å²) < 4.78 is 31.6. The smallest absolute Gasteiger partial charge is 0.394 e. The summed E-state index contributed by atoms with van der Waals surface area (Å²) in [5.74, 6) is -1.93. The standard InChI is InChI=1S/C23H24N6O5S2.H2O4S/c1-34-28-16(15-10-36-23(24)26-15)19(30)27-17-20(31)29-18(22(32)33)12(9-35-21(17)29)8-13-7-6-11-4-2-3-5-14(11)25-13;1-5(2,3)4/h6-7,10,17,21H,2-5,8-9H2,1H3,(H2,24,26)(H,27,30)(H,32,33);(H2,1,2,3,4)/t17-,21-;/m1./s1. The Morgan fingerprint density at radius 2 is 1.95 bits per heavy atom. The number of nitrogen functional groups attached to an aromatic ring is 1. The highest BCUT2D eigenvalue weighted by atomic mass is 32.3. The predicted octanol–water partition coefficient (Wildman–Crippen LogP) is 0.678. The molecule has 4 heterocycles. The molecule has 3 aliphatic rings. The van der Waals surface area contributed by atoms with Gasteiger partial charge in [-0.15, -0.1) is 23.1 Å². The zero-order valence-electron chi connectivity index (χ0n) is 21.5. The lowest BCUT2D eigenvalue weighted by Gasteiger charge is -2.49. The number of nitrogens with zero attached hydrogens (tertiary/aromatic N) is 4. The van der Waals surface area contributed by atoms with Gasteiger partial charge in [0.05, 0.1) is 0 Å². The number of fused-ring (bicyclic) bond motifs is 2. The van der Waals surface area contributed by atoms with Gasteiger partial charge < -0.3 is 21.0 Å². The summed E-state index contributed by atoms with van der Waals surface area (Å²) in [7, 11) is -3.38. The number of anilines is 1. The van der Waals surface area contributed by atoms with Crippen LogP contribution in [0.4, 0.5) is 5.13 Å². The Hall–Kier alpha value is -3.58. The van der Waals surface area contributed by atoms with E-state index in [0.29, 0.717) is 17.7 Å². The van der Waals surface area contributed by atoms with Gasteiger partial charge in [0.1, 0.15) is 29.9 Å². The highest BCUT2D eigenvalue weighted by Crippen LogP contribution is 2.41. The van der Waals surface area contributed by atoms with Crippen LogP contribution in [0.2, 0.25) is 0 Å². The predicted molar refractivity (Wildman–Crippen MR) is 149 cm³/mol. The van der Waals surface area contributed by atoms with E-state index in [0.717, 1.165) is 48.4 Å². The molecule has 220 valence electrons. The van der Waals surface area contributed by atoms with Crippen LogP contribution in [0.3, 0.4) is 0 Å². The highest BCUT2D eigenvalue weighted by Gasteiger charge is 2.54. The normalized spacial score (nSPS) is 20.2. The first-order valence-electron chi connectivity index (χ1n) is 12.1. The van der Waals surface area contributed by atoms with Crippen LogP contribution < -0.4 is 11.1 Å². The number of aliphatic carboxylic acids is 1.